The third-order valence-corrected chi connectivity index (χ3v) is 8.69. The number of allylic oxidation sites excluding steroid dienone is 4. The molecule has 9 nitrogen and oxygen atoms in total. The lowest BCUT2D eigenvalue weighted by Crippen LogP contribution is -2.40. The van der Waals surface area contributed by atoms with Gasteiger partial charge < -0.3 is 25.2 Å². The molecule has 1 saturated heterocycles. The van der Waals surface area contributed by atoms with Gasteiger partial charge in [0.05, 0.1) is 12.3 Å². The number of fused-ring (bicyclic) bond motifs is 3. The van der Waals surface area contributed by atoms with Gasteiger partial charge in [-0.25, -0.2) is 9.59 Å². The number of carbonyl (C=O) groups is 3. The van der Waals surface area contributed by atoms with E-state index < -0.39 is 11.9 Å². The summed E-state index contributed by atoms with van der Waals surface area (Å²) in [6.07, 6.45) is 15.0. The van der Waals surface area contributed by atoms with Crippen LogP contribution in [0.2, 0.25) is 0 Å². The molecule has 0 spiro atoms. The van der Waals surface area contributed by atoms with Crippen molar-refractivity contribution in [3.63, 3.8) is 0 Å². The Labute approximate surface area is 270 Å². The molecule has 2 aromatic carbocycles. The van der Waals surface area contributed by atoms with Gasteiger partial charge in [-0.3, -0.25) is 9.79 Å². The van der Waals surface area contributed by atoms with Crippen molar-refractivity contribution >= 4 is 29.2 Å². The number of aryl methyl sites for hydroxylation is 2. The first-order chi connectivity index (χ1) is 22.2. The fourth-order valence-electron chi connectivity index (χ4n) is 6.30. The van der Waals surface area contributed by atoms with E-state index in [1.54, 1.807) is 0 Å². The van der Waals surface area contributed by atoms with E-state index in [4.69, 9.17) is 29.5 Å². The predicted molar refractivity (Wildman–Crippen MR) is 179 cm³/mol. The van der Waals surface area contributed by atoms with E-state index in [-0.39, 0.29) is 5.91 Å². The van der Waals surface area contributed by atoms with Crippen molar-refractivity contribution in [2.24, 2.45) is 10.9 Å². The Morgan fingerprint density at radius 2 is 1.74 bits per heavy atom. The van der Waals surface area contributed by atoms with Crippen LogP contribution in [0.3, 0.4) is 0 Å². The highest BCUT2D eigenvalue weighted by atomic mass is 16.5. The Kier molecular flexibility index (Phi) is 10.9. The van der Waals surface area contributed by atoms with Crippen molar-refractivity contribution < 1.29 is 29.3 Å². The van der Waals surface area contributed by atoms with Crippen molar-refractivity contribution in [1.29, 1.82) is 0 Å². The zero-order valence-electron chi connectivity index (χ0n) is 26.6. The van der Waals surface area contributed by atoms with Gasteiger partial charge in [0, 0.05) is 42.5 Å². The monoisotopic (exact) mass is 625 g/mol. The molecule has 0 aromatic heterocycles. The third-order valence-electron chi connectivity index (χ3n) is 8.69. The number of aliphatic carboxylic acids is 2. The van der Waals surface area contributed by atoms with E-state index in [2.05, 4.69) is 49.5 Å². The van der Waals surface area contributed by atoms with Gasteiger partial charge in [0.1, 0.15) is 5.75 Å². The first kappa shape index (κ1) is 32.9. The summed E-state index contributed by atoms with van der Waals surface area (Å²) in [5.41, 5.74) is 9.66. The van der Waals surface area contributed by atoms with Crippen LogP contribution in [0.15, 0.2) is 82.5 Å². The second kappa shape index (κ2) is 15.2. The van der Waals surface area contributed by atoms with Crippen LogP contribution in [0.4, 0.5) is 5.69 Å². The van der Waals surface area contributed by atoms with Crippen molar-refractivity contribution in [2.45, 2.75) is 71.3 Å². The molecule has 2 aliphatic carbocycles. The number of anilines is 1. The smallest absolute Gasteiger partial charge is 0.414 e. The number of nitrogens with zero attached hydrogens (tertiary/aromatic N) is 2. The standard InChI is InChI=1S/C35H41N3O2.C2H2O4/c1-24(2)23-40-30-17-15-29(16-18-30)38(35(39)27-14-13-25-8-3-4-9-26(25)20-27)19-7-10-28-21-34-32(22-36-28)31-11-5-6-12-33(31)37-34;3-1(4)2(5)6/h5-6,12-18,20,24,28,36H,3-4,7-11,19,21-23H2,1-2H3;(H,3,4)(H,5,6). The number of rotatable bonds is 9. The van der Waals surface area contributed by atoms with Gasteiger partial charge >= 0.3 is 11.9 Å². The molecule has 0 radical (unpaired) electrons. The fraction of sp³-hybridized carbons (Fsp3) is 0.405. The molecule has 1 fully saturated rings. The summed E-state index contributed by atoms with van der Waals surface area (Å²) >= 11 is 0. The quantitative estimate of drug-likeness (QED) is 0.286. The molecule has 242 valence electrons. The maximum atomic E-state index is 13.9. The molecule has 2 heterocycles. The molecular weight excluding hydrogens is 582 g/mol. The molecule has 1 unspecified atom stereocenters. The highest BCUT2D eigenvalue weighted by molar-refractivity contribution is 6.27. The Hall–Kier alpha value is -4.50. The maximum absolute atomic E-state index is 13.9. The van der Waals surface area contributed by atoms with Gasteiger partial charge in [0.25, 0.3) is 5.91 Å². The third kappa shape index (κ3) is 8.20. The van der Waals surface area contributed by atoms with Crippen molar-refractivity contribution in [3.05, 3.63) is 94.2 Å². The van der Waals surface area contributed by atoms with Gasteiger partial charge in [-0.1, -0.05) is 32.1 Å². The Bertz CT molecular complexity index is 1570. The van der Waals surface area contributed by atoms with Crippen LogP contribution in [0.1, 0.15) is 73.9 Å². The van der Waals surface area contributed by atoms with Crippen LogP contribution in [-0.2, 0) is 22.4 Å². The lowest BCUT2D eigenvalue weighted by molar-refractivity contribution is -0.159. The topological polar surface area (TPSA) is 129 Å². The summed E-state index contributed by atoms with van der Waals surface area (Å²) in [5.74, 6) is -2.25. The van der Waals surface area contributed by atoms with Crippen LogP contribution in [0.5, 0.6) is 5.75 Å². The van der Waals surface area contributed by atoms with E-state index in [1.807, 2.05) is 35.2 Å². The Morgan fingerprint density at radius 3 is 2.46 bits per heavy atom. The average Bonchev–Trinajstić information content (AvgIpc) is 3.43. The molecule has 0 saturated carbocycles. The lowest BCUT2D eigenvalue weighted by Gasteiger charge is -2.28. The van der Waals surface area contributed by atoms with Gasteiger partial charge in [-0.2, -0.15) is 0 Å². The van der Waals surface area contributed by atoms with Gasteiger partial charge in [-0.05, 0) is 116 Å². The van der Waals surface area contributed by atoms with Crippen molar-refractivity contribution in [3.8, 4) is 5.75 Å². The van der Waals surface area contributed by atoms with Gasteiger partial charge in [0.2, 0.25) is 0 Å². The van der Waals surface area contributed by atoms with E-state index in [9.17, 15) is 4.79 Å². The highest BCUT2D eigenvalue weighted by Crippen LogP contribution is 2.34. The van der Waals surface area contributed by atoms with Crippen LogP contribution >= 0.6 is 0 Å². The zero-order valence-corrected chi connectivity index (χ0v) is 26.6. The summed E-state index contributed by atoms with van der Waals surface area (Å²) in [6.45, 7) is 6.54. The SMILES string of the molecule is CC(C)COc1ccc(N(CCCC2CC3=NC4=CC=CCC4=C3CN2)C(=O)c2ccc3c(c2)CCCC3)cc1.O=C(O)C(=O)O. The van der Waals surface area contributed by atoms with Gasteiger partial charge in [-0.15, -0.1) is 0 Å². The fourth-order valence-corrected chi connectivity index (χ4v) is 6.30. The first-order valence-electron chi connectivity index (χ1n) is 16.2. The first-order valence-corrected chi connectivity index (χ1v) is 16.2. The summed E-state index contributed by atoms with van der Waals surface area (Å²) in [7, 11) is 0. The average molecular weight is 626 g/mol. The van der Waals surface area contributed by atoms with Gasteiger partial charge in [0.15, 0.2) is 0 Å². The number of aliphatic imine (C=N–C) groups is 1. The number of carboxylic acid groups (broad SMARTS) is 2. The molecule has 1 amide bonds. The van der Waals surface area contributed by atoms with Crippen molar-refractivity contribution in [1.82, 2.24) is 5.32 Å². The number of carbonyl (C=O) groups excluding carboxylic acids is 1. The number of nitrogens with one attached hydrogen (secondary N) is 1. The number of hydrogen-bond donors (Lipinski definition) is 3. The molecule has 4 aliphatic rings. The largest absolute Gasteiger partial charge is 0.493 e. The number of ether oxygens (including phenoxy) is 1. The molecule has 3 N–H and O–H groups in total. The van der Waals surface area contributed by atoms with Crippen LogP contribution in [0.25, 0.3) is 0 Å². The summed E-state index contributed by atoms with van der Waals surface area (Å²) < 4.78 is 5.91. The number of carboxylic acids is 2. The summed E-state index contributed by atoms with van der Waals surface area (Å²) in [4.78, 5) is 39.1. The predicted octanol–water partition coefficient (Wildman–Crippen LogP) is 6.14. The second-order valence-electron chi connectivity index (χ2n) is 12.6. The molecule has 46 heavy (non-hydrogen) atoms. The highest BCUT2D eigenvalue weighted by Gasteiger charge is 2.30. The minimum Gasteiger partial charge on any atom is -0.493 e. The minimum absolute atomic E-state index is 0.0801. The van der Waals surface area contributed by atoms with Crippen molar-refractivity contribution in [2.75, 3.05) is 24.6 Å². The summed E-state index contributed by atoms with van der Waals surface area (Å²) in [6, 6.07) is 14.8. The van der Waals surface area contributed by atoms with Crippen LogP contribution < -0.4 is 15.0 Å². The molecule has 0 bridgehead atoms. The molecule has 6 rings (SSSR count). The van der Waals surface area contributed by atoms with E-state index >= 15 is 0 Å². The molecule has 1 atom stereocenters. The molecule has 9 heteroatoms. The Balaban J connectivity index is 0.000000635. The maximum Gasteiger partial charge on any atom is 0.414 e. The normalized spacial score (nSPS) is 17.9. The number of benzene rings is 2. The van der Waals surface area contributed by atoms with E-state index in [1.165, 1.54) is 40.8 Å². The number of amides is 1. The van der Waals surface area contributed by atoms with Crippen LogP contribution in [0, 0.1) is 5.92 Å². The van der Waals surface area contributed by atoms with E-state index in [0.29, 0.717) is 25.1 Å². The van der Waals surface area contributed by atoms with E-state index in [0.717, 1.165) is 67.8 Å². The number of hydrogen-bond acceptors (Lipinski definition) is 6. The molecule has 2 aromatic rings. The van der Waals surface area contributed by atoms with Crippen LogP contribution in [-0.4, -0.2) is 59.5 Å². The molecular formula is C37H43N3O6. The minimum atomic E-state index is -1.82. The molecule has 2 aliphatic heterocycles. The Morgan fingerprint density at radius 1 is 1.00 bits per heavy atom. The second-order valence-corrected chi connectivity index (χ2v) is 12.6. The number of piperidine rings is 1. The summed E-state index contributed by atoms with van der Waals surface area (Å²) in [5, 5.41) is 18.5. The lowest BCUT2D eigenvalue weighted by atomic mass is 9.90. The zero-order chi connectivity index (χ0) is 32.6.